The molecule has 0 saturated heterocycles. The Labute approximate surface area is 101 Å². The molecular formula is C11H16ClFN2O. The minimum atomic E-state index is -0.393. The Morgan fingerprint density at radius 1 is 1.44 bits per heavy atom. The quantitative estimate of drug-likeness (QED) is 0.874. The summed E-state index contributed by atoms with van der Waals surface area (Å²) in [6.07, 6.45) is 0. The van der Waals surface area contributed by atoms with Crippen LogP contribution >= 0.6 is 12.4 Å². The fraction of sp³-hybridized carbons (Fsp3) is 0.364. The van der Waals surface area contributed by atoms with Gasteiger partial charge in [0.2, 0.25) is 0 Å². The molecule has 1 aromatic rings. The first-order valence-electron chi connectivity index (χ1n) is 4.78. The fourth-order valence-electron chi connectivity index (χ4n) is 1.12. The molecule has 0 saturated carbocycles. The Balaban J connectivity index is 0.00000225. The second-order valence-corrected chi connectivity index (χ2v) is 3.57. The van der Waals surface area contributed by atoms with Gasteiger partial charge in [0, 0.05) is 18.7 Å². The first kappa shape index (κ1) is 14.9. The predicted molar refractivity (Wildman–Crippen MR) is 64.5 cm³/mol. The minimum absolute atomic E-state index is 0. The number of carbonyl (C=O) groups excluding carboxylic acids is 1. The predicted octanol–water partition coefficient (Wildman–Crippen LogP) is 1.54. The van der Waals surface area contributed by atoms with Crippen molar-refractivity contribution in [1.29, 1.82) is 0 Å². The van der Waals surface area contributed by atoms with Gasteiger partial charge in [-0.2, -0.15) is 0 Å². The Hall–Kier alpha value is -1.13. The highest BCUT2D eigenvalue weighted by molar-refractivity contribution is 5.94. The van der Waals surface area contributed by atoms with Crippen LogP contribution in [0.15, 0.2) is 24.3 Å². The molecule has 0 aliphatic heterocycles. The lowest BCUT2D eigenvalue weighted by Gasteiger charge is -2.10. The summed E-state index contributed by atoms with van der Waals surface area (Å²) >= 11 is 0. The number of likely N-dealkylation sites (N-methyl/N-ethyl adjacent to an activating group) is 1. The van der Waals surface area contributed by atoms with Crippen LogP contribution in [0, 0.1) is 5.82 Å². The van der Waals surface area contributed by atoms with Crippen LogP contribution in [0.1, 0.15) is 10.4 Å². The van der Waals surface area contributed by atoms with Gasteiger partial charge in [-0.25, -0.2) is 4.39 Å². The van der Waals surface area contributed by atoms with Crippen molar-refractivity contribution in [2.45, 2.75) is 0 Å². The number of nitrogens with one attached hydrogen (secondary N) is 1. The van der Waals surface area contributed by atoms with Crippen molar-refractivity contribution in [3.63, 3.8) is 0 Å². The zero-order valence-corrected chi connectivity index (χ0v) is 10.2. The second kappa shape index (κ2) is 7.19. The minimum Gasteiger partial charge on any atom is -0.351 e. The number of hydrogen-bond donors (Lipinski definition) is 1. The average Bonchev–Trinajstić information content (AvgIpc) is 2.17. The highest BCUT2D eigenvalue weighted by atomic mass is 35.5. The van der Waals surface area contributed by atoms with Crippen molar-refractivity contribution in [3.05, 3.63) is 35.6 Å². The van der Waals surface area contributed by atoms with Gasteiger partial charge in [0.25, 0.3) is 5.91 Å². The number of amides is 1. The van der Waals surface area contributed by atoms with Gasteiger partial charge in [-0.15, -0.1) is 12.4 Å². The van der Waals surface area contributed by atoms with Crippen LogP contribution in [-0.2, 0) is 0 Å². The van der Waals surface area contributed by atoms with Gasteiger partial charge < -0.3 is 10.2 Å². The maximum absolute atomic E-state index is 12.8. The standard InChI is InChI=1S/C11H15FN2O.ClH/c1-14(2)7-6-13-11(15)9-4-3-5-10(12)8-9;/h3-5,8H,6-7H2,1-2H3,(H,13,15);1H. The molecule has 0 spiro atoms. The van der Waals surface area contributed by atoms with Crippen LogP contribution < -0.4 is 5.32 Å². The molecule has 1 aromatic carbocycles. The highest BCUT2D eigenvalue weighted by Gasteiger charge is 2.05. The maximum Gasteiger partial charge on any atom is 0.251 e. The van der Waals surface area contributed by atoms with Crippen molar-refractivity contribution < 1.29 is 9.18 Å². The molecule has 90 valence electrons. The first-order valence-corrected chi connectivity index (χ1v) is 4.78. The molecule has 5 heteroatoms. The molecule has 0 aliphatic rings. The highest BCUT2D eigenvalue weighted by Crippen LogP contribution is 2.02. The average molecular weight is 247 g/mol. The van der Waals surface area contributed by atoms with Crippen molar-refractivity contribution in [2.24, 2.45) is 0 Å². The number of nitrogens with zero attached hydrogens (tertiary/aromatic N) is 1. The van der Waals surface area contributed by atoms with E-state index >= 15 is 0 Å². The number of rotatable bonds is 4. The summed E-state index contributed by atoms with van der Waals surface area (Å²) in [4.78, 5) is 13.4. The topological polar surface area (TPSA) is 32.3 Å². The smallest absolute Gasteiger partial charge is 0.251 e. The number of halogens is 2. The van der Waals surface area contributed by atoms with E-state index in [9.17, 15) is 9.18 Å². The van der Waals surface area contributed by atoms with E-state index in [-0.39, 0.29) is 18.3 Å². The molecule has 1 amide bonds. The molecular weight excluding hydrogens is 231 g/mol. The Morgan fingerprint density at radius 2 is 2.12 bits per heavy atom. The fourth-order valence-corrected chi connectivity index (χ4v) is 1.12. The molecule has 0 unspecified atom stereocenters. The zero-order valence-electron chi connectivity index (χ0n) is 9.37. The summed E-state index contributed by atoms with van der Waals surface area (Å²) in [5.41, 5.74) is 0.355. The molecule has 3 nitrogen and oxygen atoms in total. The van der Waals surface area contributed by atoms with Gasteiger partial charge >= 0.3 is 0 Å². The molecule has 0 atom stereocenters. The molecule has 0 heterocycles. The molecule has 0 aromatic heterocycles. The number of benzene rings is 1. The zero-order chi connectivity index (χ0) is 11.3. The third kappa shape index (κ3) is 5.09. The van der Waals surface area contributed by atoms with E-state index in [1.165, 1.54) is 18.2 Å². The monoisotopic (exact) mass is 246 g/mol. The van der Waals surface area contributed by atoms with Crippen LogP contribution in [0.5, 0.6) is 0 Å². The van der Waals surface area contributed by atoms with Crippen molar-refractivity contribution in [1.82, 2.24) is 10.2 Å². The Morgan fingerprint density at radius 3 is 2.69 bits per heavy atom. The SMILES string of the molecule is CN(C)CCNC(=O)c1cccc(F)c1.Cl. The van der Waals surface area contributed by atoms with Crippen LogP contribution in [0.2, 0.25) is 0 Å². The Bertz CT molecular complexity index is 345. The molecule has 16 heavy (non-hydrogen) atoms. The summed E-state index contributed by atoms with van der Waals surface area (Å²) in [5.74, 6) is -0.633. The molecule has 0 bridgehead atoms. The molecule has 1 rings (SSSR count). The van der Waals surface area contributed by atoms with Crippen molar-refractivity contribution in [3.8, 4) is 0 Å². The van der Waals surface area contributed by atoms with Gasteiger partial charge in [-0.3, -0.25) is 4.79 Å². The van der Waals surface area contributed by atoms with E-state index in [0.717, 1.165) is 6.54 Å². The van der Waals surface area contributed by atoms with E-state index in [1.54, 1.807) is 6.07 Å². The molecule has 0 radical (unpaired) electrons. The lowest BCUT2D eigenvalue weighted by atomic mass is 10.2. The summed E-state index contributed by atoms with van der Waals surface area (Å²) in [5, 5.41) is 2.71. The van der Waals surface area contributed by atoms with E-state index in [1.807, 2.05) is 19.0 Å². The third-order valence-corrected chi connectivity index (χ3v) is 1.93. The molecule has 1 N–H and O–H groups in total. The van der Waals surface area contributed by atoms with Gasteiger partial charge in [0.1, 0.15) is 5.82 Å². The van der Waals surface area contributed by atoms with E-state index in [2.05, 4.69) is 5.32 Å². The lowest BCUT2D eigenvalue weighted by molar-refractivity contribution is 0.0950. The first-order chi connectivity index (χ1) is 7.09. The summed E-state index contributed by atoms with van der Waals surface area (Å²) < 4.78 is 12.8. The van der Waals surface area contributed by atoms with Crippen LogP contribution in [0.25, 0.3) is 0 Å². The van der Waals surface area contributed by atoms with Crippen LogP contribution in [0.3, 0.4) is 0 Å². The molecule has 0 aliphatic carbocycles. The van der Waals surface area contributed by atoms with E-state index < -0.39 is 5.82 Å². The van der Waals surface area contributed by atoms with Crippen LogP contribution in [-0.4, -0.2) is 38.0 Å². The lowest BCUT2D eigenvalue weighted by Crippen LogP contribution is -2.31. The van der Waals surface area contributed by atoms with Crippen LogP contribution in [0.4, 0.5) is 4.39 Å². The van der Waals surface area contributed by atoms with Gasteiger partial charge in [-0.1, -0.05) is 6.07 Å². The number of hydrogen-bond acceptors (Lipinski definition) is 2. The van der Waals surface area contributed by atoms with E-state index in [0.29, 0.717) is 12.1 Å². The van der Waals surface area contributed by atoms with E-state index in [4.69, 9.17) is 0 Å². The van der Waals surface area contributed by atoms with Gasteiger partial charge in [0.15, 0.2) is 0 Å². The van der Waals surface area contributed by atoms with Gasteiger partial charge in [0.05, 0.1) is 0 Å². The molecule has 0 fully saturated rings. The summed E-state index contributed by atoms with van der Waals surface area (Å²) in [7, 11) is 3.85. The normalized spacial score (nSPS) is 9.75. The van der Waals surface area contributed by atoms with Gasteiger partial charge in [-0.05, 0) is 32.3 Å². The summed E-state index contributed by atoms with van der Waals surface area (Å²) in [6.45, 7) is 1.32. The largest absolute Gasteiger partial charge is 0.351 e. The van der Waals surface area contributed by atoms with Crippen molar-refractivity contribution in [2.75, 3.05) is 27.2 Å². The maximum atomic E-state index is 12.8. The third-order valence-electron chi connectivity index (χ3n) is 1.93. The summed E-state index contributed by atoms with van der Waals surface area (Å²) in [6, 6.07) is 5.66. The number of carbonyl (C=O) groups is 1. The Kier molecular flexibility index (Phi) is 6.69. The second-order valence-electron chi connectivity index (χ2n) is 3.57. The van der Waals surface area contributed by atoms with Crippen molar-refractivity contribution >= 4 is 18.3 Å².